The quantitative estimate of drug-likeness (QED) is 0.447. The SMILES string of the molecule is O=[N+]([O-])c1cccc(S(=O)(=O)N2CCC(Oc3nc4c(F)cccc4s3)CC2)c1. The van der Waals surface area contributed by atoms with E-state index in [-0.39, 0.29) is 35.3 Å². The van der Waals surface area contributed by atoms with Crippen LogP contribution in [0.25, 0.3) is 10.2 Å². The Morgan fingerprint density at radius 1 is 1.21 bits per heavy atom. The third-order valence-electron chi connectivity index (χ3n) is 4.68. The van der Waals surface area contributed by atoms with Gasteiger partial charge in [0.25, 0.3) is 10.9 Å². The maximum absolute atomic E-state index is 13.8. The van der Waals surface area contributed by atoms with E-state index in [1.165, 1.54) is 39.9 Å². The van der Waals surface area contributed by atoms with Crippen LogP contribution < -0.4 is 4.74 Å². The summed E-state index contributed by atoms with van der Waals surface area (Å²) < 4.78 is 47.2. The lowest BCUT2D eigenvalue weighted by atomic mass is 10.1. The van der Waals surface area contributed by atoms with Crippen LogP contribution in [0.2, 0.25) is 0 Å². The zero-order chi connectivity index (χ0) is 20.6. The Labute approximate surface area is 169 Å². The predicted octanol–water partition coefficient (Wildman–Crippen LogP) is 3.58. The molecule has 1 saturated heterocycles. The van der Waals surface area contributed by atoms with Gasteiger partial charge < -0.3 is 4.74 Å². The van der Waals surface area contributed by atoms with Crippen molar-refractivity contribution in [3.05, 3.63) is 58.4 Å². The summed E-state index contributed by atoms with van der Waals surface area (Å²) in [6, 6.07) is 9.72. The van der Waals surface area contributed by atoms with E-state index in [0.717, 1.165) is 6.07 Å². The van der Waals surface area contributed by atoms with Crippen LogP contribution in [-0.4, -0.2) is 41.8 Å². The molecule has 1 aliphatic rings. The van der Waals surface area contributed by atoms with Crippen LogP contribution in [-0.2, 0) is 10.0 Å². The summed E-state index contributed by atoms with van der Waals surface area (Å²) in [5, 5.41) is 11.3. The fraction of sp³-hybridized carbons (Fsp3) is 0.278. The van der Waals surface area contributed by atoms with Gasteiger partial charge in [-0.3, -0.25) is 10.1 Å². The van der Waals surface area contributed by atoms with E-state index in [2.05, 4.69) is 4.98 Å². The summed E-state index contributed by atoms with van der Waals surface area (Å²) in [6.07, 6.45) is 0.634. The Balaban J connectivity index is 1.44. The number of non-ortho nitro benzene ring substituents is 1. The van der Waals surface area contributed by atoms with Crippen molar-refractivity contribution in [1.29, 1.82) is 0 Å². The smallest absolute Gasteiger partial charge is 0.274 e. The van der Waals surface area contributed by atoms with E-state index in [0.29, 0.717) is 22.7 Å². The topological polar surface area (TPSA) is 103 Å². The lowest BCUT2D eigenvalue weighted by Gasteiger charge is -2.30. The van der Waals surface area contributed by atoms with Crippen molar-refractivity contribution in [2.75, 3.05) is 13.1 Å². The second kappa shape index (κ2) is 7.65. The van der Waals surface area contributed by atoms with Crippen LogP contribution in [0, 0.1) is 15.9 Å². The summed E-state index contributed by atoms with van der Waals surface area (Å²) in [6.45, 7) is 0.434. The fourth-order valence-corrected chi connectivity index (χ4v) is 5.59. The lowest BCUT2D eigenvalue weighted by Crippen LogP contribution is -2.41. The van der Waals surface area contributed by atoms with E-state index < -0.39 is 20.8 Å². The monoisotopic (exact) mass is 437 g/mol. The Morgan fingerprint density at radius 3 is 2.62 bits per heavy atom. The molecule has 152 valence electrons. The Morgan fingerprint density at radius 2 is 1.93 bits per heavy atom. The van der Waals surface area contributed by atoms with Gasteiger partial charge in [-0.1, -0.05) is 23.5 Å². The first-order chi connectivity index (χ1) is 13.8. The van der Waals surface area contributed by atoms with Crippen LogP contribution in [0.1, 0.15) is 12.8 Å². The molecule has 2 aromatic carbocycles. The molecule has 3 aromatic rings. The fourth-order valence-electron chi connectivity index (χ4n) is 3.18. The molecule has 0 atom stereocenters. The largest absolute Gasteiger partial charge is 0.467 e. The third-order valence-corrected chi connectivity index (χ3v) is 7.49. The van der Waals surface area contributed by atoms with E-state index in [9.17, 15) is 22.9 Å². The number of ether oxygens (including phenoxy) is 1. The van der Waals surface area contributed by atoms with Crippen molar-refractivity contribution in [3.8, 4) is 5.19 Å². The minimum Gasteiger partial charge on any atom is -0.467 e. The first-order valence-corrected chi connectivity index (χ1v) is 11.1. The summed E-state index contributed by atoms with van der Waals surface area (Å²) in [4.78, 5) is 14.4. The normalized spacial score (nSPS) is 16.2. The first-order valence-electron chi connectivity index (χ1n) is 8.81. The number of piperidine rings is 1. The zero-order valence-electron chi connectivity index (χ0n) is 15.0. The van der Waals surface area contributed by atoms with Crippen molar-refractivity contribution < 1.29 is 22.5 Å². The van der Waals surface area contributed by atoms with Gasteiger partial charge in [0, 0.05) is 25.2 Å². The zero-order valence-corrected chi connectivity index (χ0v) is 16.7. The molecule has 1 fully saturated rings. The van der Waals surface area contributed by atoms with Gasteiger partial charge in [0.1, 0.15) is 17.4 Å². The lowest BCUT2D eigenvalue weighted by molar-refractivity contribution is -0.385. The highest BCUT2D eigenvalue weighted by atomic mass is 32.2. The number of hydrogen-bond donors (Lipinski definition) is 0. The number of para-hydroxylation sites is 1. The number of halogens is 1. The van der Waals surface area contributed by atoms with Crippen molar-refractivity contribution in [3.63, 3.8) is 0 Å². The molecule has 0 aliphatic carbocycles. The first kappa shape index (κ1) is 19.7. The average Bonchev–Trinajstić information content (AvgIpc) is 3.12. The van der Waals surface area contributed by atoms with E-state index >= 15 is 0 Å². The Kier molecular flexibility index (Phi) is 5.19. The van der Waals surface area contributed by atoms with E-state index in [1.54, 1.807) is 12.1 Å². The molecule has 8 nitrogen and oxygen atoms in total. The second-order valence-electron chi connectivity index (χ2n) is 6.54. The summed E-state index contributed by atoms with van der Waals surface area (Å²) in [7, 11) is -3.83. The molecule has 0 spiro atoms. The molecule has 0 saturated carbocycles. The third kappa shape index (κ3) is 3.93. The van der Waals surface area contributed by atoms with Crippen LogP contribution in [0.3, 0.4) is 0 Å². The Hall–Kier alpha value is -2.63. The van der Waals surface area contributed by atoms with Gasteiger partial charge in [0.15, 0.2) is 0 Å². The molecular formula is C18H16FN3O5S2. The summed E-state index contributed by atoms with van der Waals surface area (Å²) in [5.74, 6) is -0.411. The molecule has 0 unspecified atom stereocenters. The van der Waals surface area contributed by atoms with Gasteiger partial charge in [0.05, 0.1) is 14.5 Å². The molecule has 0 bridgehead atoms. The molecular weight excluding hydrogens is 421 g/mol. The van der Waals surface area contributed by atoms with Gasteiger partial charge in [-0.15, -0.1) is 0 Å². The molecule has 11 heteroatoms. The number of fused-ring (bicyclic) bond motifs is 1. The molecule has 1 aliphatic heterocycles. The van der Waals surface area contributed by atoms with Crippen LogP contribution in [0.4, 0.5) is 10.1 Å². The van der Waals surface area contributed by atoms with Gasteiger partial charge >= 0.3 is 0 Å². The number of nitro groups is 1. The van der Waals surface area contributed by atoms with Crippen molar-refractivity contribution >= 4 is 37.3 Å². The number of sulfonamides is 1. The second-order valence-corrected chi connectivity index (χ2v) is 9.47. The minimum absolute atomic E-state index is 0.104. The molecule has 1 aromatic heterocycles. The van der Waals surface area contributed by atoms with Crippen molar-refractivity contribution in [2.24, 2.45) is 0 Å². The van der Waals surface area contributed by atoms with Crippen LogP contribution in [0.5, 0.6) is 5.19 Å². The average molecular weight is 437 g/mol. The highest BCUT2D eigenvalue weighted by Gasteiger charge is 2.31. The molecule has 4 rings (SSSR count). The summed E-state index contributed by atoms with van der Waals surface area (Å²) >= 11 is 1.24. The molecule has 0 amide bonds. The minimum atomic E-state index is -3.83. The van der Waals surface area contributed by atoms with E-state index in [1.807, 2.05) is 0 Å². The van der Waals surface area contributed by atoms with Crippen molar-refractivity contribution in [2.45, 2.75) is 23.8 Å². The predicted molar refractivity (Wildman–Crippen MR) is 105 cm³/mol. The van der Waals surface area contributed by atoms with Gasteiger partial charge in [-0.2, -0.15) is 9.29 Å². The number of benzene rings is 2. The van der Waals surface area contributed by atoms with Gasteiger partial charge in [-0.05, 0) is 31.0 Å². The van der Waals surface area contributed by atoms with Gasteiger partial charge in [0.2, 0.25) is 10.0 Å². The number of aromatic nitrogens is 1. The standard InChI is InChI=1S/C18H16FN3O5S2/c19-15-5-2-6-16-17(15)20-18(28-16)27-13-7-9-21(10-8-13)29(25,26)14-4-1-3-12(11-14)22(23)24/h1-6,11,13H,7-10H2. The maximum atomic E-state index is 13.8. The number of rotatable bonds is 5. The number of hydrogen-bond acceptors (Lipinski definition) is 7. The van der Waals surface area contributed by atoms with E-state index in [4.69, 9.17) is 4.74 Å². The maximum Gasteiger partial charge on any atom is 0.274 e. The van der Waals surface area contributed by atoms with Crippen LogP contribution >= 0.6 is 11.3 Å². The molecule has 0 radical (unpaired) electrons. The number of nitrogens with zero attached hydrogens (tertiary/aromatic N) is 3. The van der Waals surface area contributed by atoms with Crippen LogP contribution in [0.15, 0.2) is 47.4 Å². The number of thiazole rings is 1. The number of nitro benzene ring substituents is 1. The highest BCUT2D eigenvalue weighted by Crippen LogP contribution is 2.32. The molecule has 0 N–H and O–H groups in total. The van der Waals surface area contributed by atoms with Gasteiger partial charge in [-0.25, -0.2) is 12.8 Å². The molecule has 2 heterocycles. The molecule has 29 heavy (non-hydrogen) atoms. The Bertz CT molecular complexity index is 1170. The van der Waals surface area contributed by atoms with Crippen molar-refractivity contribution in [1.82, 2.24) is 9.29 Å². The summed E-state index contributed by atoms with van der Waals surface area (Å²) in [5.41, 5.74) is -0.00875. The highest BCUT2D eigenvalue weighted by molar-refractivity contribution is 7.89.